The first-order valence-corrected chi connectivity index (χ1v) is 30.5. The van der Waals surface area contributed by atoms with Crippen LogP contribution < -0.4 is 48.7 Å². The van der Waals surface area contributed by atoms with Crippen molar-refractivity contribution in [2.45, 2.75) is 9.79 Å². The van der Waals surface area contributed by atoms with Crippen molar-refractivity contribution in [3.05, 3.63) is 205 Å². The monoisotopic (exact) mass is 1210 g/mol. The number of anilines is 16. The summed E-state index contributed by atoms with van der Waals surface area (Å²) in [5.74, 6) is 8.94. The van der Waals surface area contributed by atoms with E-state index in [1.165, 1.54) is 12.1 Å². The van der Waals surface area contributed by atoms with Crippen LogP contribution in [0.25, 0.3) is 0 Å². The number of hydrogen-bond acceptors (Lipinski definition) is 20. The largest absolute Gasteiger partial charge is 0.433 e. The van der Waals surface area contributed by atoms with Crippen molar-refractivity contribution in [1.82, 2.24) is 29.9 Å². The smallest absolute Gasteiger partial charge is 0.286 e. The van der Waals surface area contributed by atoms with Gasteiger partial charge in [-0.3, -0.25) is 0 Å². The first-order valence-electron chi connectivity index (χ1n) is 27.6. The van der Waals surface area contributed by atoms with Gasteiger partial charge in [-0.25, -0.2) is 29.9 Å². The average molecular weight is 1210 g/mol. The fraction of sp³-hybridized carbons (Fsp3) is 0.125. The summed E-state index contributed by atoms with van der Waals surface area (Å²) in [6, 6.07) is 59.3. The molecule has 22 nitrogen and oxygen atoms in total. The summed E-state index contributed by atoms with van der Waals surface area (Å²) in [5, 5.41) is 0. The van der Waals surface area contributed by atoms with E-state index in [1.54, 1.807) is 36.4 Å². The third-order valence-corrected chi connectivity index (χ3v) is 18.1. The van der Waals surface area contributed by atoms with Crippen molar-refractivity contribution in [2.75, 3.05) is 95.6 Å². The Balaban J connectivity index is 0.000000162. The first-order chi connectivity index (χ1) is 42.4. The van der Waals surface area contributed by atoms with Gasteiger partial charge in [-0.1, -0.05) is 72.8 Å². The van der Waals surface area contributed by atoms with Crippen LogP contribution in [0, 0.1) is 0 Å². The minimum absolute atomic E-state index is 0.00190. The number of hydrogen-bond donors (Lipinski definition) is 0. The van der Waals surface area contributed by atoms with Gasteiger partial charge in [0.05, 0.1) is 33.9 Å². The van der Waals surface area contributed by atoms with Crippen LogP contribution in [0.2, 0.25) is 0 Å². The normalized spacial score (nSPS) is 15.1. The molecule has 0 spiro atoms. The second-order valence-electron chi connectivity index (χ2n) is 20.8. The fourth-order valence-corrected chi connectivity index (χ4v) is 12.7. The number of nitrogens with zero attached hydrogens (tertiary/aromatic N) is 16. The van der Waals surface area contributed by atoms with Crippen molar-refractivity contribution in [2.24, 2.45) is 8.80 Å². The first kappa shape index (κ1) is 56.2. The van der Waals surface area contributed by atoms with Gasteiger partial charge in [0, 0.05) is 56.4 Å². The van der Waals surface area contributed by atoms with Crippen molar-refractivity contribution in [3.8, 4) is 11.5 Å². The number of sulfonamides is 2. The molecule has 4 aliphatic heterocycles. The van der Waals surface area contributed by atoms with Crippen molar-refractivity contribution in [3.63, 3.8) is 0 Å². The van der Waals surface area contributed by atoms with Gasteiger partial charge in [0.15, 0.2) is 11.5 Å². The Morgan fingerprint density at radius 1 is 0.261 bits per heavy atom. The Morgan fingerprint density at radius 3 is 0.705 bits per heavy atom. The summed E-state index contributed by atoms with van der Waals surface area (Å²) in [5.41, 5.74) is 3.38. The SMILES string of the molecule is CN1c2cccc(n2)N(C)c2cccc(n2)N(C)c2cccc(c2OC2=NS(=O)(=O)c3ccccc32)N(C)c2cccc1n2.CN1c2cccc(n2)N(C)c2cccc(n2)N(C)c2cccc(c2OC2=NS(=O)(=O)c3ccccc32)N(C)c2cccc1n2. The Morgan fingerprint density at radius 2 is 0.466 bits per heavy atom. The molecule has 0 saturated heterocycles. The van der Waals surface area contributed by atoms with Gasteiger partial charge in [0.2, 0.25) is 11.8 Å². The van der Waals surface area contributed by atoms with Crippen LogP contribution in [0.3, 0.4) is 0 Å². The number of pyridine rings is 6. The topological polar surface area (TPSA) is 215 Å². The number of benzene rings is 4. The van der Waals surface area contributed by atoms with Crippen LogP contribution in [0.1, 0.15) is 11.1 Å². The van der Waals surface area contributed by atoms with Crippen LogP contribution in [0.4, 0.5) is 92.6 Å². The molecule has 0 unspecified atom stereocenters. The summed E-state index contributed by atoms with van der Waals surface area (Å²) in [4.78, 5) is 45.1. The predicted octanol–water partition coefficient (Wildman–Crippen LogP) is 11.6. The van der Waals surface area contributed by atoms with Crippen LogP contribution in [-0.2, 0) is 20.0 Å². The van der Waals surface area contributed by atoms with E-state index in [0.29, 0.717) is 115 Å². The maximum Gasteiger partial charge on any atom is 0.286 e. The zero-order valence-electron chi connectivity index (χ0n) is 48.9. The van der Waals surface area contributed by atoms with E-state index in [0.717, 1.165) is 0 Å². The minimum Gasteiger partial charge on any atom is -0.433 e. The van der Waals surface area contributed by atoms with Crippen molar-refractivity contribution < 1.29 is 26.3 Å². The minimum atomic E-state index is -3.90. The molecule has 16 bridgehead atoms. The lowest BCUT2D eigenvalue weighted by Gasteiger charge is -2.29. The highest BCUT2D eigenvalue weighted by Gasteiger charge is 2.34. The molecule has 0 saturated carbocycles. The van der Waals surface area contributed by atoms with Gasteiger partial charge in [0.25, 0.3) is 20.0 Å². The summed E-state index contributed by atoms with van der Waals surface area (Å²) < 4.78 is 72.7. The third-order valence-electron chi connectivity index (χ3n) is 15.4. The Bertz CT molecular complexity index is 4240. The van der Waals surface area contributed by atoms with E-state index >= 15 is 0 Å². The van der Waals surface area contributed by atoms with Crippen LogP contribution >= 0.6 is 0 Å². The highest BCUT2D eigenvalue weighted by Crippen LogP contribution is 2.46. The average Bonchev–Trinajstić information content (AvgIpc) is 1.99. The molecule has 14 rings (SSSR count). The molecular weight excluding hydrogens is 1150 g/mol. The number of fused-ring (bicyclic) bond motifs is 18. The van der Waals surface area contributed by atoms with Gasteiger partial charge in [-0.05, 0) is 121 Å². The molecule has 10 heterocycles. The maximum atomic E-state index is 12.9. The lowest BCUT2D eigenvalue weighted by molar-refractivity contribution is 0.554. The molecule has 0 atom stereocenters. The Kier molecular flexibility index (Phi) is 14.1. The molecule has 24 heteroatoms. The maximum absolute atomic E-state index is 12.9. The van der Waals surface area contributed by atoms with Gasteiger partial charge < -0.3 is 48.7 Å². The van der Waals surface area contributed by atoms with E-state index in [1.807, 2.05) is 241 Å². The molecule has 440 valence electrons. The molecule has 4 aromatic carbocycles. The van der Waals surface area contributed by atoms with Crippen LogP contribution in [-0.4, -0.2) is 115 Å². The Hall–Kier alpha value is -11.0. The van der Waals surface area contributed by atoms with Gasteiger partial charge >= 0.3 is 0 Å². The molecule has 0 N–H and O–H groups in total. The second-order valence-corrected chi connectivity index (χ2v) is 23.9. The van der Waals surface area contributed by atoms with Gasteiger partial charge in [-0.15, -0.1) is 8.80 Å². The standard InChI is InChI=1S/2C32H28N8O3S/c2*1-37-22-12-7-13-23(31(22)43-32-21-11-5-6-14-24(21)44(41,42)36-32)38(2)26-16-9-18-28(34-26)40(4)30-20-10-19-29(35-30)39(3)27-17-8-15-25(37)33-27/h2*5-20H,1-4H3. The number of aromatic nitrogens is 6. The molecule has 88 heavy (non-hydrogen) atoms. The molecule has 6 aromatic heterocycles. The summed E-state index contributed by atoms with van der Waals surface area (Å²) in [7, 11) is 7.40. The van der Waals surface area contributed by atoms with Crippen molar-refractivity contribution in [1.29, 1.82) is 0 Å². The summed E-state index contributed by atoms with van der Waals surface area (Å²) in [6.07, 6.45) is 0. The molecular formula is C64H56N16O6S2. The van der Waals surface area contributed by atoms with E-state index in [9.17, 15) is 16.8 Å². The summed E-state index contributed by atoms with van der Waals surface area (Å²) in [6.45, 7) is 0. The predicted molar refractivity (Wildman–Crippen MR) is 344 cm³/mol. The highest BCUT2D eigenvalue weighted by atomic mass is 32.2. The van der Waals surface area contributed by atoms with E-state index < -0.39 is 20.0 Å². The quantitative estimate of drug-likeness (QED) is 0.157. The molecule has 0 amide bonds. The van der Waals surface area contributed by atoms with E-state index in [2.05, 4.69) is 8.80 Å². The number of ether oxygens (including phenoxy) is 2. The number of para-hydroxylation sites is 2. The summed E-state index contributed by atoms with van der Waals surface area (Å²) >= 11 is 0. The molecule has 10 aromatic rings. The molecule has 0 radical (unpaired) electrons. The van der Waals surface area contributed by atoms with Crippen LogP contribution in [0.15, 0.2) is 213 Å². The second kappa shape index (κ2) is 22.1. The fourth-order valence-electron chi connectivity index (χ4n) is 10.5. The molecule has 4 aliphatic rings. The highest BCUT2D eigenvalue weighted by molar-refractivity contribution is 7.91. The zero-order chi connectivity index (χ0) is 61.2. The Labute approximate surface area is 509 Å². The lowest BCUT2D eigenvalue weighted by Crippen LogP contribution is -2.21. The molecule has 0 aliphatic carbocycles. The van der Waals surface area contributed by atoms with Crippen molar-refractivity contribution >= 4 is 124 Å². The third kappa shape index (κ3) is 10.2. The van der Waals surface area contributed by atoms with Crippen LogP contribution in [0.5, 0.6) is 11.5 Å². The number of rotatable bonds is 2. The van der Waals surface area contributed by atoms with E-state index in [4.69, 9.17) is 39.4 Å². The molecule has 0 fully saturated rings. The zero-order valence-corrected chi connectivity index (χ0v) is 50.5. The van der Waals surface area contributed by atoms with Gasteiger partial charge in [0.1, 0.15) is 79.6 Å². The van der Waals surface area contributed by atoms with Gasteiger partial charge in [-0.2, -0.15) is 16.8 Å². The van der Waals surface area contributed by atoms with E-state index in [-0.39, 0.29) is 21.6 Å². The lowest BCUT2D eigenvalue weighted by atomic mass is 10.2.